The van der Waals surface area contributed by atoms with E-state index in [4.69, 9.17) is 0 Å². The van der Waals surface area contributed by atoms with Gasteiger partial charge in [-0.15, -0.1) is 0 Å². The third-order valence-electron chi connectivity index (χ3n) is 3.31. The lowest BCUT2D eigenvalue weighted by atomic mass is 9.91. The van der Waals surface area contributed by atoms with Crippen LogP contribution in [0.2, 0.25) is 0 Å². The van der Waals surface area contributed by atoms with Crippen molar-refractivity contribution in [2.24, 2.45) is 5.92 Å². The van der Waals surface area contributed by atoms with Gasteiger partial charge in [-0.05, 0) is 38.8 Å². The van der Waals surface area contributed by atoms with Crippen molar-refractivity contribution in [1.29, 1.82) is 0 Å². The maximum Gasteiger partial charge on any atom is 0.0268 e. The predicted molar refractivity (Wildman–Crippen MR) is 70.4 cm³/mol. The second kappa shape index (κ2) is 6.66. The van der Waals surface area contributed by atoms with E-state index in [-0.39, 0.29) is 0 Å². The zero-order valence-corrected chi connectivity index (χ0v) is 11.5. The number of hydrogen-bond acceptors (Lipinski definition) is 2. The number of likely N-dealkylation sites (tertiary alicyclic amines) is 1. The lowest BCUT2D eigenvalue weighted by Gasteiger charge is -2.35. The Bertz CT molecular complexity index is 206. The second-order valence-corrected chi connectivity index (χ2v) is 5.60. The highest BCUT2D eigenvalue weighted by atomic mass is 79.9. The van der Waals surface area contributed by atoms with Gasteiger partial charge in [0.15, 0.2) is 0 Å². The molecule has 0 saturated carbocycles. The number of rotatable bonds is 5. The lowest BCUT2D eigenvalue weighted by Crippen LogP contribution is -2.44. The summed E-state index contributed by atoms with van der Waals surface area (Å²) in [5, 5.41) is 3.52. The molecule has 1 aliphatic rings. The molecule has 1 heterocycles. The van der Waals surface area contributed by atoms with E-state index in [0.29, 0.717) is 6.04 Å². The summed E-state index contributed by atoms with van der Waals surface area (Å²) in [4.78, 5) is 2.55. The van der Waals surface area contributed by atoms with Gasteiger partial charge in [0.1, 0.15) is 0 Å². The Balaban J connectivity index is 2.31. The number of piperidine rings is 1. The summed E-state index contributed by atoms with van der Waals surface area (Å²) in [7, 11) is 0. The maximum absolute atomic E-state index is 3.85. The molecule has 0 aliphatic carbocycles. The van der Waals surface area contributed by atoms with Crippen molar-refractivity contribution in [2.75, 3.05) is 26.2 Å². The van der Waals surface area contributed by atoms with Crippen molar-refractivity contribution in [2.45, 2.75) is 32.7 Å². The molecule has 2 unspecified atom stereocenters. The van der Waals surface area contributed by atoms with Crippen molar-refractivity contribution in [1.82, 2.24) is 10.2 Å². The highest BCUT2D eigenvalue weighted by molar-refractivity contribution is 9.11. The van der Waals surface area contributed by atoms with Gasteiger partial charge in [-0.1, -0.05) is 29.4 Å². The monoisotopic (exact) mass is 274 g/mol. The number of nitrogens with one attached hydrogen (secondary N) is 1. The zero-order valence-electron chi connectivity index (χ0n) is 9.93. The zero-order chi connectivity index (χ0) is 11.3. The van der Waals surface area contributed by atoms with Gasteiger partial charge in [-0.3, -0.25) is 0 Å². The van der Waals surface area contributed by atoms with Crippen LogP contribution in [-0.2, 0) is 0 Å². The molecule has 0 amide bonds. The van der Waals surface area contributed by atoms with Crippen LogP contribution in [0.3, 0.4) is 0 Å². The van der Waals surface area contributed by atoms with Crippen molar-refractivity contribution in [3.63, 3.8) is 0 Å². The molecule has 0 aromatic carbocycles. The van der Waals surface area contributed by atoms with Crippen LogP contribution in [0.15, 0.2) is 11.1 Å². The fraction of sp³-hybridized carbons (Fsp3) is 0.833. The highest BCUT2D eigenvalue weighted by Gasteiger charge is 2.23. The van der Waals surface area contributed by atoms with E-state index >= 15 is 0 Å². The van der Waals surface area contributed by atoms with E-state index in [1.54, 1.807) is 0 Å². The average Bonchev–Trinajstić information content (AvgIpc) is 2.26. The molecule has 3 heteroatoms. The van der Waals surface area contributed by atoms with Crippen LogP contribution in [-0.4, -0.2) is 37.1 Å². The molecule has 2 nitrogen and oxygen atoms in total. The number of hydrogen-bond donors (Lipinski definition) is 1. The highest BCUT2D eigenvalue weighted by Crippen LogP contribution is 2.19. The first kappa shape index (κ1) is 13.2. The first-order chi connectivity index (χ1) is 7.13. The molecule has 1 fully saturated rings. The summed E-state index contributed by atoms with van der Waals surface area (Å²) in [6.07, 6.45) is 2.71. The minimum absolute atomic E-state index is 0.591. The Morgan fingerprint density at radius 3 is 3.00 bits per heavy atom. The second-order valence-electron chi connectivity index (χ2n) is 4.48. The Morgan fingerprint density at radius 1 is 1.67 bits per heavy atom. The fourth-order valence-electron chi connectivity index (χ4n) is 2.23. The van der Waals surface area contributed by atoms with Gasteiger partial charge in [0, 0.05) is 23.6 Å². The van der Waals surface area contributed by atoms with Gasteiger partial charge in [0.25, 0.3) is 0 Å². The van der Waals surface area contributed by atoms with Gasteiger partial charge in [-0.25, -0.2) is 0 Å². The predicted octanol–water partition coefficient (Wildman–Crippen LogP) is 2.61. The summed E-state index contributed by atoms with van der Waals surface area (Å²) in [6.45, 7) is 13.0. The maximum atomic E-state index is 3.85. The molecule has 0 spiro atoms. The summed E-state index contributed by atoms with van der Waals surface area (Å²) in [5.74, 6) is 0.797. The summed E-state index contributed by atoms with van der Waals surface area (Å²) in [5.41, 5.74) is 0. The number of nitrogens with zero attached hydrogens (tertiary/aromatic N) is 1. The Hall–Kier alpha value is 0.140. The van der Waals surface area contributed by atoms with E-state index in [1.807, 2.05) is 0 Å². The van der Waals surface area contributed by atoms with Gasteiger partial charge >= 0.3 is 0 Å². The van der Waals surface area contributed by atoms with Crippen LogP contribution in [0.25, 0.3) is 0 Å². The topological polar surface area (TPSA) is 15.3 Å². The normalized spacial score (nSPS) is 25.1. The molecule has 1 saturated heterocycles. The summed E-state index contributed by atoms with van der Waals surface area (Å²) < 4.78 is 1.04. The first-order valence-corrected chi connectivity index (χ1v) is 6.71. The molecule has 0 radical (unpaired) electrons. The molecule has 0 aromatic heterocycles. The standard InChI is InChI=1S/C12H23BrN2/c1-4-15-7-5-6-12(9-15)11(3)14-8-10(2)13/h11-12,14H,2,4-9H2,1,3H3. The molecular weight excluding hydrogens is 252 g/mol. The first-order valence-electron chi connectivity index (χ1n) is 5.92. The van der Waals surface area contributed by atoms with Gasteiger partial charge in [0.2, 0.25) is 0 Å². The van der Waals surface area contributed by atoms with Crippen LogP contribution in [0.1, 0.15) is 26.7 Å². The van der Waals surface area contributed by atoms with E-state index in [1.165, 1.54) is 32.5 Å². The smallest absolute Gasteiger partial charge is 0.0268 e. The van der Waals surface area contributed by atoms with Crippen LogP contribution < -0.4 is 5.32 Å². The van der Waals surface area contributed by atoms with E-state index in [9.17, 15) is 0 Å². The van der Waals surface area contributed by atoms with E-state index in [2.05, 4.69) is 46.6 Å². The van der Waals surface area contributed by atoms with Crippen LogP contribution in [0.5, 0.6) is 0 Å². The molecule has 0 bridgehead atoms. The van der Waals surface area contributed by atoms with Crippen molar-refractivity contribution < 1.29 is 0 Å². The average molecular weight is 275 g/mol. The Morgan fingerprint density at radius 2 is 2.40 bits per heavy atom. The third-order valence-corrected chi connectivity index (χ3v) is 3.59. The third kappa shape index (κ3) is 4.66. The molecular formula is C12H23BrN2. The van der Waals surface area contributed by atoms with Gasteiger partial charge < -0.3 is 10.2 Å². The summed E-state index contributed by atoms with van der Waals surface area (Å²) >= 11 is 3.39. The van der Waals surface area contributed by atoms with Crippen molar-refractivity contribution >= 4 is 15.9 Å². The van der Waals surface area contributed by atoms with Gasteiger partial charge in [-0.2, -0.15) is 0 Å². The largest absolute Gasteiger partial charge is 0.309 e. The SMILES string of the molecule is C=C(Br)CNC(C)C1CCCN(CC)C1. The molecule has 15 heavy (non-hydrogen) atoms. The minimum Gasteiger partial charge on any atom is -0.309 e. The van der Waals surface area contributed by atoms with E-state index < -0.39 is 0 Å². The molecule has 2 atom stereocenters. The van der Waals surface area contributed by atoms with Crippen LogP contribution >= 0.6 is 15.9 Å². The van der Waals surface area contributed by atoms with Gasteiger partial charge in [0.05, 0.1) is 0 Å². The minimum atomic E-state index is 0.591. The van der Waals surface area contributed by atoms with Crippen molar-refractivity contribution in [3.05, 3.63) is 11.1 Å². The van der Waals surface area contributed by atoms with Crippen LogP contribution in [0, 0.1) is 5.92 Å². The molecule has 1 aliphatic heterocycles. The molecule has 88 valence electrons. The molecule has 1 N–H and O–H groups in total. The molecule has 1 rings (SSSR count). The fourth-order valence-corrected chi connectivity index (χ4v) is 2.39. The van der Waals surface area contributed by atoms with Crippen molar-refractivity contribution in [3.8, 4) is 0 Å². The molecule has 0 aromatic rings. The summed E-state index contributed by atoms with van der Waals surface area (Å²) in [6, 6.07) is 0.591. The number of halogens is 1. The quantitative estimate of drug-likeness (QED) is 0.829. The lowest BCUT2D eigenvalue weighted by molar-refractivity contribution is 0.158. The Kier molecular flexibility index (Phi) is 5.87. The van der Waals surface area contributed by atoms with Crippen LogP contribution in [0.4, 0.5) is 0 Å². The Labute approximate surface area is 102 Å². The van der Waals surface area contributed by atoms with E-state index in [0.717, 1.165) is 16.9 Å².